The zero-order valence-corrected chi connectivity index (χ0v) is 13.6. The Kier molecular flexibility index (Phi) is 4.25. The number of methoxy groups -OCH3 is 1. The fourth-order valence-electron chi connectivity index (χ4n) is 2.34. The Labute approximate surface area is 138 Å². The van der Waals surface area contributed by atoms with Crippen LogP contribution in [0.1, 0.15) is 15.9 Å². The Balaban J connectivity index is 1.85. The van der Waals surface area contributed by atoms with Crippen LogP contribution in [-0.4, -0.2) is 24.7 Å². The van der Waals surface area contributed by atoms with Gasteiger partial charge in [-0.15, -0.1) is 11.8 Å². The summed E-state index contributed by atoms with van der Waals surface area (Å²) in [6.07, 6.45) is 0. The molecule has 0 fully saturated rings. The number of anilines is 2. The number of hydrogen-bond donors (Lipinski definition) is 2. The predicted molar refractivity (Wildman–Crippen MR) is 91.5 cm³/mol. The third-order valence-electron chi connectivity index (χ3n) is 3.48. The second kappa shape index (κ2) is 6.34. The molecular formula is C17H16N2O3S. The van der Waals surface area contributed by atoms with Crippen molar-refractivity contribution in [3.8, 4) is 5.75 Å². The number of amides is 2. The second-order valence-electron chi connectivity index (χ2n) is 5.21. The molecule has 23 heavy (non-hydrogen) atoms. The molecule has 2 aromatic carbocycles. The van der Waals surface area contributed by atoms with E-state index in [1.54, 1.807) is 19.2 Å². The Bertz CT molecular complexity index is 789. The van der Waals surface area contributed by atoms with E-state index in [2.05, 4.69) is 10.6 Å². The summed E-state index contributed by atoms with van der Waals surface area (Å²) in [5.41, 5.74) is 2.80. The van der Waals surface area contributed by atoms with E-state index in [0.717, 1.165) is 10.5 Å². The molecule has 5 nitrogen and oxygen atoms in total. The Morgan fingerprint density at radius 2 is 2.09 bits per heavy atom. The van der Waals surface area contributed by atoms with Crippen molar-refractivity contribution in [3.63, 3.8) is 0 Å². The topological polar surface area (TPSA) is 67.4 Å². The number of rotatable bonds is 3. The lowest BCUT2D eigenvalue weighted by Gasteiger charge is -2.17. The minimum atomic E-state index is -0.249. The van der Waals surface area contributed by atoms with Crippen LogP contribution in [0.5, 0.6) is 5.75 Å². The van der Waals surface area contributed by atoms with Gasteiger partial charge in [0, 0.05) is 10.5 Å². The molecule has 0 aromatic heterocycles. The van der Waals surface area contributed by atoms with Gasteiger partial charge in [-0.1, -0.05) is 6.07 Å². The maximum atomic E-state index is 12.5. The van der Waals surface area contributed by atoms with Crippen molar-refractivity contribution >= 4 is 35.0 Å². The normalized spacial score (nSPS) is 13.0. The van der Waals surface area contributed by atoms with Crippen LogP contribution < -0.4 is 15.4 Å². The highest BCUT2D eigenvalue weighted by Crippen LogP contribution is 2.32. The summed E-state index contributed by atoms with van der Waals surface area (Å²) >= 11 is 1.47. The van der Waals surface area contributed by atoms with Crippen LogP contribution in [0.3, 0.4) is 0 Å². The molecule has 6 heteroatoms. The first-order chi connectivity index (χ1) is 11.1. The summed E-state index contributed by atoms with van der Waals surface area (Å²) in [7, 11) is 1.56. The van der Waals surface area contributed by atoms with Crippen molar-refractivity contribution in [3.05, 3.63) is 47.5 Å². The minimum Gasteiger partial charge on any atom is -0.495 e. The number of thioether (sulfide) groups is 1. The largest absolute Gasteiger partial charge is 0.495 e. The second-order valence-corrected chi connectivity index (χ2v) is 6.22. The van der Waals surface area contributed by atoms with Crippen LogP contribution >= 0.6 is 11.8 Å². The number of carbonyl (C=O) groups is 2. The van der Waals surface area contributed by atoms with Gasteiger partial charge >= 0.3 is 0 Å². The van der Waals surface area contributed by atoms with Crippen LogP contribution in [0.2, 0.25) is 0 Å². The third-order valence-corrected chi connectivity index (χ3v) is 4.55. The average molecular weight is 328 g/mol. The first-order valence-electron chi connectivity index (χ1n) is 7.09. The van der Waals surface area contributed by atoms with E-state index >= 15 is 0 Å². The number of ether oxygens (including phenoxy) is 1. The molecule has 2 aromatic rings. The molecule has 0 aliphatic carbocycles. The lowest BCUT2D eigenvalue weighted by atomic mass is 10.1. The highest BCUT2D eigenvalue weighted by Gasteiger charge is 2.18. The van der Waals surface area contributed by atoms with E-state index in [1.807, 2.05) is 31.2 Å². The van der Waals surface area contributed by atoms with E-state index < -0.39 is 0 Å². The molecule has 1 heterocycles. The van der Waals surface area contributed by atoms with Gasteiger partial charge in [-0.25, -0.2) is 0 Å². The van der Waals surface area contributed by atoms with E-state index in [4.69, 9.17) is 4.74 Å². The van der Waals surface area contributed by atoms with Crippen LogP contribution in [-0.2, 0) is 4.79 Å². The smallest absolute Gasteiger partial charge is 0.255 e. The Morgan fingerprint density at radius 3 is 2.87 bits per heavy atom. The number of carbonyl (C=O) groups excluding carboxylic acids is 2. The molecule has 0 bridgehead atoms. The first-order valence-corrected chi connectivity index (χ1v) is 8.08. The van der Waals surface area contributed by atoms with Gasteiger partial charge in [-0.2, -0.15) is 0 Å². The summed E-state index contributed by atoms with van der Waals surface area (Å²) in [5, 5.41) is 5.64. The molecule has 0 spiro atoms. The molecule has 2 N–H and O–H groups in total. The van der Waals surface area contributed by atoms with Gasteiger partial charge in [0.05, 0.1) is 24.2 Å². The minimum absolute atomic E-state index is 0.0552. The molecule has 0 saturated heterocycles. The molecule has 1 aliphatic rings. The zero-order valence-electron chi connectivity index (χ0n) is 12.8. The summed E-state index contributed by atoms with van der Waals surface area (Å²) in [4.78, 5) is 24.9. The van der Waals surface area contributed by atoms with Crippen LogP contribution in [0.25, 0.3) is 0 Å². The number of nitrogens with one attached hydrogen (secondary N) is 2. The third kappa shape index (κ3) is 3.32. The molecule has 2 amide bonds. The summed E-state index contributed by atoms with van der Waals surface area (Å²) in [6.45, 7) is 1.95. The van der Waals surface area contributed by atoms with Crippen LogP contribution in [0.15, 0.2) is 41.3 Å². The summed E-state index contributed by atoms with van der Waals surface area (Å²) in [6, 6.07) is 10.9. The lowest BCUT2D eigenvalue weighted by molar-refractivity contribution is -0.113. The first kappa shape index (κ1) is 15.4. The average Bonchev–Trinajstić information content (AvgIpc) is 2.54. The predicted octanol–water partition coefficient (Wildman–Crippen LogP) is 3.30. The molecule has 0 radical (unpaired) electrons. The van der Waals surface area contributed by atoms with Crippen molar-refractivity contribution in [1.82, 2.24) is 0 Å². The monoisotopic (exact) mass is 328 g/mol. The van der Waals surface area contributed by atoms with Crippen molar-refractivity contribution in [1.29, 1.82) is 0 Å². The van der Waals surface area contributed by atoms with Gasteiger partial charge in [0.2, 0.25) is 5.91 Å². The molecule has 1 aliphatic heterocycles. The number of fused-ring (bicyclic) bond motifs is 1. The Hall–Kier alpha value is -2.47. The highest BCUT2D eigenvalue weighted by molar-refractivity contribution is 8.00. The fraction of sp³-hybridized carbons (Fsp3) is 0.176. The molecule has 0 unspecified atom stereocenters. The highest BCUT2D eigenvalue weighted by atomic mass is 32.2. The number of hydrogen-bond acceptors (Lipinski definition) is 4. The zero-order chi connectivity index (χ0) is 16.4. The lowest BCUT2D eigenvalue weighted by Crippen LogP contribution is -2.20. The maximum absolute atomic E-state index is 12.5. The molecular weight excluding hydrogens is 312 g/mol. The Morgan fingerprint density at radius 1 is 1.26 bits per heavy atom. The molecule has 3 rings (SSSR count). The van der Waals surface area contributed by atoms with Gasteiger partial charge in [0.1, 0.15) is 5.75 Å². The van der Waals surface area contributed by atoms with Crippen molar-refractivity contribution < 1.29 is 14.3 Å². The fourth-order valence-corrected chi connectivity index (χ4v) is 3.13. The van der Waals surface area contributed by atoms with Gasteiger partial charge in [-0.05, 0) is 42.8 Å². The number of aryl methyl sites for hydroxylation is 1. The SMILES string of the molecule is COc1ccc(C)cc1NC(=O)c1ccc2c(c1)NC(=O)CS2. The summed E-state index contributed by atoms with van der Waals surface area (Å²) in [5.74, 6) is 0.701. The maximum Gasteiger partial charge on any atom is 0.255 e. The molecule has 0 saturated carbocycles. The summed E-state index contributed by atoms with van der Waals surface area (Å²) < 4.78 is 5.27. The van der Waals surface area contributed by atoms with Gasteiger partial charge in [0.15, 0.2) is 0 Å². The quantitative estimate of drug-likeness (QED) is 0.907. The molecule has 0 atom stereocenters. The van der Waals surface area contributed by atoms with Gasteiger partial charge < -0.3 is 15.4 Å². The van der Waals surface area contributed by atoms with Gasteiger partial charge in [-0.3, -0.25) is 9.59 Å². The molecule has 118 valence electrons. The van der Waals surface area contributed by atoms with E-state index in [1.165, 1.54) is 11.8 Å². The van der Waals surface area contributed by atoms with E-state index in [9.17, 15) is 9.59 Å². The van der Waals surface area contributed by atoms with E-state index in [0.29, 0.717) is 28.4 Å². The van der Waals surface area contributed by atoms with Crippen molar-refractivity contribution in [2.24, 2.45) is 0 Å². The van der Waals surface area contributed by atoms with E-state index in [-0.39, 0.29) is 11.8 Å². The van der Waals surface area contributed by atoms with Crippen LogP contribution in [0.4, 0.5) is 11.4 Å². The van der Waals surface area contributed by atoms with Crippen LogP contribution in [0, 0.1) is 6.92 Å². The standard InChI is InChI=1S/C17H16N2O3S/c1-10-3-5-14(22-2)12(7-10)19-17(21)11-4-6-15-13(8-11)18-16(20)9-23-15/h3-8H,9H2,1-2H3,(H,18,20)(H,19,21). The van der Waals surface area contributed by atoms with Crippen molar-refractivity contribution in [2.75, 3.05) is 23.5 Å². The number of benzene rings is 2. The van der Waals surface area contributed by atoms with Crippen molar-refractivity contribution in [2.45, 2.75) is 11.8 Å². The van der Waals surface area contributed by atoms with Gasteiger partial charge in [0.25, 0.3) is 5.91 Å².